The van der Waals surface area contributed by atoms with Crippen LogP contribution in [0.25, 0.3) is 0 Å². The molecule has 6 nitrogen and oxygen atoms in total. The molecule has 1 saturated heterocycles. The third-order valence-corrected chi connectivity index (χ3v) is 3.18. The number of amides is 2. The Morgan fingerprint density at radius 2 is 2.00 bits per heavy atom. The van der Waals surface area contributed by atoms with E-state index >= 15 is 0 Å². The molecule has 2 amide bonds. The Balaban J connectivity index is 2.12. The van der Waals surface area contributed by atoms with Gasteiger partial charge in [0.25, 0.3) is 0 Å². The molecule has 1 aliphatic rings. The number of carbonyl (C=O) groups excluding carboxylic acids is 1. The van der Waals surface area contributed by atoms with Gasteiger partial charge in [-0.25, -0.2) is 4.79 Å². The number of rotatable bonds is 6. The second-order valence-electron chi connectivity index (χ2n) is 5.10. The first-order chi connectivity index (χ1) is 9.00. The van der Waals surface area contributed by atoms with Crippen LogP contribution in [0.3, 0.4) is 0 Å². The minimum Gasteiger partial charge on any atom is -0.481 e. The van der Waals surface area contributed by atoms with Crippen molar-refractivity contribution in [3.63, 3.8) is 0 Å². The van der Waals surface area contributed by atoms with Crippen LogP contribution in [0.5, 0.6) is 0 Å². The predicted molar refractivity (Wildman–Crippen MR) is 71.0 cm³/mol. The lowest BCUT2D eigenvalue weighted by Crippen LogP contribution is -2.45. The van der Waals surface area contributed by atoms with Crippen molar-refractivity contribution in [3.05, 3.63) is 0 Å². The molecule has 2 N–H and O–H groups in total. The van der Waals surface area contributed by atoms with Crippen LogP contribution in [-0.2, 0) is 9.53 Å². The van der Waals surface area contributed by atoms with E-state index in [1.54, 1.807) is 4.90 Å². The van der Waals surface area contributed by atoms with Gasteiger partial charge in [-0.1, -0.05) is 0 Å². The van der Waals surface area contributed by atoms with Crippen molar-refractivity contribution in [1.29, 1.82) is 0 Å². The Morgan fingerprint density at radius 3 is 2.53 bits per heavy atom. The van der Waals surface area contributed by atoms with Crippen LogP contribution in [0.2, 0.25) is 0 Å². The molecule has 0 aromatic heterocycles. The zero-order valence-corrected chi connectivity index (χ0v) is 11.7. The van der Waals surface area contributed by atoms with Gasteiger partial charge >= 0.3 is 12.0 Å². The summed E-state index contributed by atoms with van der Waals surface area (Å²) < 4.78 is 5.38. The molecule has 0 aromatic carbocycles. The Kier molecular flexibility index (Phi) is 6.62. The maximum atomic E-state index is 11.8. The molecule has 0 aromatic rings. The Labute approximate surface area is 114 Å². The van der Waals surface area contributed by atoms with Crippen LogP contribution in [0.1, 0.15) is 33.1 Å². The first-order valence-electron chi connectivity index (χ1n) is 6.88. The molecule has 0 unspecified atom stereocenters. The number of likely N-dealkylation sites (tertiary alicyclic amines) is 1. The van der Waals surface area contributed by atoms with Gasteiger partial charge in [-0.05, 0) is 33.1 Å². The molecule has 0 aliphatic carbocycles. The van der Waals surface area contributed by atoms with Crippen molar-refractivity contribution in [2.24, 2.45) is 5.92 Å². The number of hydrogen-bond donors (Lipinski definition) is 2. The van der Waals surface area contributed by atoms with Crippen molar-refractivity contribution in [1.82, 2.24) is 10.2 Å². The summed E-state index contributed by atoms with van der Waals surface area (Å²) in [5.74, 6) is -1.06. The average Bonchev–Trinajstić information content (AvgIpc) is 2.37. The summed E-state index contributed by atoms with van der Waals surface area (Å²) in [6.07, 6.45) is 2.08. The van der Waals surface area contributed by atoms with E-state index in [0.717, 1.165) is 6.42 Å². The standard InChI is InChI=1S/C13H24N2O4/c1-10(2)19-9-3-6-14-13(18)15-7-4-11(5-8-15)12(16)17/h10-11H,3-9H2,1-2H3,(H,14,18)(H,16,17). The van der Waals surface area contributed by atoms with Gasteiger partial charge in [0.2, 0.25) is 0 Å². The highest BCUT2D eigenvalue weighted by Gasteiger charge is 2.26. The summed E-state index contributed by atoms with van der Waals surface area (Å²) in [6.45, 7) is 6.22. The van der Waals surface area contributed by atoms with Gasteiger partial charge in [0, 0.05) is 26.2 Å². The van der Waals surface area contributed by atoms with E-state index in [-0.39, 0.29) is 18.1 Å². The van der Waals surface area contributed by atoms with Crippen LogP contribution in [0, 0.1) is 5.92 Å². The van der Waals surface area contributed by atoms with Crippen LogP contribution in [0.15, 0.2) is 0 Å². The van der Waals surface area contributed by atoms with Gasteiger partial charge in [0.1, 0.15) is 0 Å². The molecule has 0 saturated carbocycles. The molecule has 110 valence electrons. The zero-order valence-electron chi connectivity index (χ0n) is 11.7. The molecule has 19 heavy (non-hydrogen) atoms. The van der Waals surface area contributed by atoms with Crippen LogP contribution < -0.4 is 5.32 Å². The molecule has 6 heteroatoms. The number of nitrogens with one attached hydrogen (secondary N) is 1. The number of aliphatic carboxylic acids is 1. The maximum absolute atomic E-state index is 11.8. The molecule has 0 spiro atoms. The lowest BCUT2D eigenvalue weighted by Gasteiger charge is -2.30. The third kappa shape index (κ3) is 5.92. The molecular weight excluding hydrogens is 248 g/mol. The van der Waals surface area contributed by atoms with E-state index in [0.29, 0.717) is 39.1 Å². The fourth-order valence-corrected chi connectivity index (χ4v) is 2.03. The molecule has 0 radical (unpaired) electrons. The van der Waals surface area contributed by atoms with E-state index in [2.05, 4.69) is 5.32 Å². The van der Waals surface area contributed by atoms with Gasteiger partial charge in [-0.15, -0.1) is 0 Å². The highest BCUT2D eigenvalue weighted by Crippen LogP contribution is 2.17. The number of carboxylic acids is 1. The molecule has 0 bridgehead atoms. The summed E-state index contributed by atoms with van der Waals surface area (Å²) in [6, 6.07) is -0.103. The number of piperidine rings is 1. The summed E-state index contributed by atoms with van der Waals surface area (Å²) in [5.41, 5.74) is 0. The maximum Gasteiger partial charge on any atom is 0.317 e. The largest absolute Gasteiger partial charge is 0.481 e. The van der Waals surface area contributed by atoms with E-state index in [1.807, 2.05) is 13.8 Å². The second kappa shape index (κ2) is 7.99. The monoisotopic (exact) mass is 272 g/mol. The Hall–Kier alpha value is -1.30. The summed E-state index contributed by atoms with van der Waals surface area (Å²) in [7, 11) is 0. The SMILES string of the molecule is CC(C)OCCCNC(=O)N1CCC(C(=O)O)CC1. The smallest absolute Gasteiger partial charge is 0.317 e. The van der Waals surface area contributed by atoms with E-state index in [1.165, 1.54) is 0 Å². The van der Waals surface area contributed by atoms with Gasteiger partial charge in [0.15, 0.2) is 0 Å². The van der Waals surface area contributed by atoms with Gasteiger partial charge in [-0.2, -0.15) is 0 Å². The average molecular weight is 272 g/mol. The zero-order chi connectivity index (χ0) is 14.3. The summed E-state index contributed by atoms with van der Waals surface area (Å²) >= 11 is 0. The fourth-order valence-electron chi connectivity index (χ4n) is 2.03. The van der Waals surface area contributed by atoms with E-state index in [9.17, 15) is 9.59 Å². The molecule has 1 fully saturated rings. The fraction of sp³-hybridized carbons (Fsp3) is 0.846. The van der Waals surface area contributed by atoms with Crippen molar-refractivity contribution in [2.75, 3.05) is 26.2 Å². The summed E-state index contributed by atoms with van der Waals surface area (Å²) in [5, 5.41) is 11.7. The van der Waals surface area contributed by atoms with Crippen LogP contribution in [0.4, 0.5) is 4.79 Å². The minimum absolute atomic E-state index is 0.103. The number of nitrogens with zero attached hydrogens (tertiary/aromatic N) is 1. The van der Waals surface area contributed by atoms with Gasteiger partial charge in [0.05, 0.1) is 12.0 Å². The number of carboxylic acid groups (broad SMARTS) is 1. The number of ether oxygens (including phenoxy) is 1. The molecule has 1 aliphatic heterocycles. The second-order valence-corrected chi connectivity index (χ2v) is 5.10. The van der Waals surface area contributed by atoms with E-state index in [4.69, 9.17) is 9.84 Å². The number of urea groups is 1. The Morgan fingerprint density at radius 1 is 1.37 bits per heavy atom. The quantitative estimate of drug-likeness (QED) is 0.714. The number of carbonyl (C=O) groups is 2. The third-order valence-electron chi connectivity index (χ3n) is 3.18. The van der Waals surface area contributed by atoms with Gasteiger partial charge < -0.3 is 20.1 Å². The van der Waals surface area contributed by atoms with Gasteiger partial charge in [-0.3, -0.25) is 4.79 Å². The first kappa shape index (κ1) is 15.8. The lowest BCUT2D eigenvalue weighted by atomic mass is 9.97. The molecule has 0 atom stereocenters. The molecular formula is C13H24N2O4. The van der Waals surface area contributed by atoms with E-state index < -0.39 is 5.97 Å². The lowest BCUT2D eigenvalue weighted by molar-refractivity contribution is -0.143. The minimum atomic E-state index is -0.758. The Bertz CT molecular complexity index is 299. The van der Waals surface area contributed by atoms with Crippen molar-refractivity contribution in [2.45, 2.75) is 39.2 Å². The first-order valence-corrected chi connectivity index (χ1v) is 6.88. The highest BCUT2D eigenvalue weighted by atomic mass is 16.5. The number of hydrogen-bond acceptors (Lipinski definition) is 3. The molecule has 1 heterocycles. The highest BCUT2D eigenvalue weighted by molar-refractivity contribution is 5.75. The van der Waals surface area contributed by atoms with Crippen molar-refractivity contribution in [3.8, 4) is 0 Å². The van der Waals surface area contributed by atoms with Crippen LogP contribution >= 0.6 is 0 Å². The van der Waals surface area contributed by atoms with Crippen molar-refractivity contribution < 1.29 is 19.4 Å². The summed E-state index contributed by atoms with van der Waals surface area (Å²) in [4.78, 5) is 24.3. The van der Waals surface area contributed by atoms with Crippen molar-refractivity contribution >= 4 is 12.0 Å². The topological polar surface area (TPSA) is 78.9 Å². The molecule has 1 rings (SSSR count). The predicted octanol–water partition coefficient (Wildman–Crippen LogP) is 1.31. The normalized spacial score (nSPS) is 16.7. The van der Waals surface area contributed by atoms with Crippen LogP contribution in [-0.4, -0.2) is 54.4 Å².